The molecule has 0 bridgehead atoms. The molecular formula is C26H44Cl2N4. The number of nitrogens with one attached hydrogen (secondary N) is 2. The van der Waals surface area contributed by atoms with Crippen molar-refractivity contribution in [1.82, 2.24) is 0 Å². The smallest absolute Gasteiger partial charge is 0.170 e. The Morgan fingerprint density at radius 1 is 0.531 bits per heavy atom. The van der Waals surface area contributed by atoms with Gasteiger partial charge in [0.15, 0.2) is 24.8 Å². The largest absolute Gasteiger partial charge is 1.00 e. The second-order valence-electron chi connectivity index (χ2n) is 8.33. The van der Waals surface area contributed by atoms with E-state index in [1.54, 1.807) is 0 Å². The van der Waals surface area contributed by atoms with E-state index in [-0.39, 0.29) is 24.8 Å². The van der Waals surface area contributed by atoms with Crippen LogP contribution in [0.4, 0.5) is 11.4 Å². The average Bonchev–Trinajstić information content (AvgIpc) is 2.78. The van der Waals surface area contributed by atoms with Crippen LogP contribution < -0.4 is 44.6 Å². The van der Waals surface area contributed by atoms with Crippen molar-refractivity contribution in [2.24, 2.45) is 0 Å². The topological polar surface area (TPSA) is 31.8 Å². The molecule has 2 aromatic rings. The van der Waals surface area contributed by atoms with Crippen LogP contribution in [0.5, 0.6) is 0 Å². The van der Waals surface area contributed by atoms with Crippen LogP contribution in [0.15, 0.2) is 49.1 Å². The van der Waals surface area contributed by atoms with Gasteiger partial charge in [-0.05, 0) is 25.7 Å². The minimum atomic E-state index is 0. The van der Waals surface area contributed by atoms with Crippen LogP contribution in [0.1, 0.15) is 78.1 Å². The third kappa shape index (κ3) is 13.8. The zero-order valence-corrected chi connectivity index (χ0v) is 21.7. The molecule has 0 radical (unpaired) electrons. The minimum absolute atomic E-state index is 0. The molecule has 0 aliphatic carbocycles. The zero-order chi connectivity index (χ0) is 21.3. The quantitative estimate of drug-likeness (QED) is 0.240. The van der Waals surface area contributed by atoms with Crippen molar-refractivity contribution in [2.75, 3.05) is 23.7 Å². The van der Waals surface area contributed by atoms with Gasteiger partial charge >= 0.3 is 0 Å². The van der Waals surface area contributed by atoms with E-state index < -0.39 is 0 Å². The molecular weight excluding hydrogens is 439 g/mol. The predicted molar refractivity (Wildman–Crippen MR) is 128 cm³/mol. The molecule has 182 valence electrons. The number of unbranched alkanes of at least 4 members (excludes halogenated alkanes) is 7. The highest BCUT2D eigenvalue weighted by molar-refractivity contribution is 5.40. The van der Waals surface area contributed by atoms with Crippen molar-refractivity contribution < 1.29 is 33.9 Å². The van der Waals surface area contributed by atoms with Crippen molar-refractivity contribution in [3.05, 3.63) is 49.1 Å². The normalized spacial score (nSPS) is 10.2. The molecule has 2 N–H and O–H groups in total. The number of hydrogen-bond acceptors (Lipinski definition) is 2. The second-order valence-corrected chi connectivity index (χ2v) is 8.33. The second kappa shape index (κ2) is 20.1. The first kappa shape index (κ1) is 30.5. The SMILES string of the molecule is CCCCCNc1cc[n+](CCCCCC[n+]2ccc(NCCCCC)cc2)cc1.[Cl-].[Cl-]. The summed E-state index contributed by atoms with van der Waals surface area (Å²) in [5.74, 6) is 0. The Hall–Kier alpha value is -1.52. The molecule has 0 atom stereocenters. The van der Waals surface area contributed by atoms with Crippen LogP contribution in [0.3, 0.4) is 0 Å². The molecule has 0 spiro atoms. The summed E-state index contributed by atoms with van der Waals surface area (Å²) >= 11 is 0. The van der Waals surface area contributed by atoms with Gasteiger partial charge in [-0.15, -0.1) is 0 Å². The van der Waals surface area contributed by atoms with E-state index in [1.807, 2.05) is 0 Å². The predicted octanol–water partition coefficient (Wildman–Crippen LogP) is -0.266. The molecule has 0 unspecified atom stereocenters. The fourth-order valence-electron chi connectivity index (χ4n) is 3.61. The molecule has 0 aromatic carbocycles. The first-order chi connectivity index (χ1) is 14.8. The van der Waals surface area contributed by atoms with Gasteiger partial charge < -0.3 is 35.4 Å². The van der Waals surface area contributed by atoms with E-state index in [2.05, 4.69) is 82.7 Å². The van der Waals surface area contributed by atoms with Crippen LogP contribution in [-0.2, 0) is 13.1 Å². The minimum Gasteiger partial charge on any atom is -1.00 e. The lowest BCUT2D eigenvalue weighted by atomic mass is 10.2. The van der Waals surface area contributed by atoms with Crippen molar-refractivity contribution in [3.8, 4) is 0 Å². The maximum atomic E-state index is 3.51. The summed E-state index contributed by atoms with van der Waals surface area (Å²) < 4.78 is 4.61. The highest BCUT2D eigenvalue weighted by Gasteiger charge is 2.03. The lowest BCUT2D eigenvalue weighted by Gasteiger charge is -2.05. The number of hydrogen-bond donors (Lipinski definition) is 2. The number of aromatic nitrogens is 2. The molecule has 4 nitrogen and oxygen atoms in total. The summed E-state index contributed by atoms with van der Waals surface area (Å²) in [6, 6.07) is 8.80. The molecule has 32 heavy (non-hydrogen) atoms. The maximum Gasteiger partial charge on any atom is 0.170 e. The molecule has 2 heterocycles. The molecule has 0 saturated carbocycles. The van der Waals surface area contributed by atoms with Crippen LogP contribution in [-0.4, -0.2) is 13.1 Å². The first-order valence-corrected chi connectivity index (χ1v) is 12.3. The molecule has 0 amide bonds. The van der Waals surface area contributed by atoms with E-state index in [1.165, 1.54) is 75.6 Å². The Balaban J connectivity index is 0.00000480. The average molecular weight is 484 g/mol. The van der Waals surface area contributed by atoms with E-state index in [0.717, 1.165) is 26.2 Å². The van der Waals surface area contributed by atoms with E-state index in [9.17, 15) is 0 Å². The molecule has 2 aromatic heterocycles. The monoisotopic (exact) mass is 482 g/mol. The fraction of sp³-hybridized carbons (Fsp3) is 0.615. The van der Waals surface area contributed by atoms with E-state index in [0.29, 0.717) is 0 Å². The zero-order valence-electron chi connectivity index (χ0n) is 20.2. The van der Waals surface area contributed by atoms with Crippen molar-refractivity contribution >= 4 is 11.4 Å². The van der Waals surface area contributed by atoms with Gasteiger partial charge in [-0.1, -0.05) is 39.5 Å². The van der Waals surface area contributed by atoms with Gasteiger partial charge in [-0.3, -0.25) is 0 Å². The Kier molecular flexibility index (Phi) is 19.2. The maximum absolute atomic E-state index is 3.51. The van der Waals surface area contributed by atoms with Gasteiger partial charge in [0.05, 0.1) is 0 Å². The van der Waals surface area contributed by atoms with Gasteiger partial charge in [0.25, 0.3) is 0 Å². The summed E-state index contributed by atoms with van der Waals surface area (Å²) in [5, 5.41) is 7.01. The molecule has 6 heteroatoms. The number of pyridine rings is 2. The molecule has 0 aliphatic heterocycles. The number of anilines is 2. The fourth-order valence-corrected chi connectivity index (χ4v) is 3.61. The standard InChI is InChI=1S/C26H42N4.2ClH/c1-3-5-9-17-27-25-13-21-29(22-14-25)19-11-7-8-12-20-30-23-15-26(16-24-30)28-18-10-6-4-2;;/h13-16,21-24H,3-12,17-20H2,1-2H3;2*1H. The lowest BCUT2D eigenvalue weighted by molar-refractivity contribution is -0.698. The summed E-state index contributed by atoms with van der Waals surface area (Å²) in [6.45, 7) is 8.87. The number of aryl methyl sites for hydroxylation is 2. The van der Waals surface area contributed by atoms with Crippen molar-refractivity contribution in [3.63, 3.8) is 0 Å². The summed E-state index contributed by atoms with van der Waals surface area (Å²) in [4.78, 5) is 0. The molecule has 2 rings (SSSR count). The Labute approximate surface area is 209 Å². The van der Waals surface area contributed by atoms with Crippen LogP contribution in [0.25, 0.3) is 0 Å². The third-order valence-corrected chi connectivity index (χ3v) is 5.58. The van der Waals surface area contributed by atoms with E-state index >= 15 is 0 Å². The Morgan fingerprint density at radius 2 is 0.906 bits per heavy atom. The van der Waals surface area contributed by atoms with Crippen molar-refractivity contribution in [1.29, 1.82) is 0 Å². The highest BCUT2D eigenvalue weighted by Crippen LogP contribution is 2.06. The lowest BCUT2D eigenvalue weighted by Crippen LogP contribution is -3.00. The number of nitrogens with zero attached hydrogens (tertiary/aromatic N) is 2. The summed E-state index contributed by atoms with van der Waals surface area (Å²) in [6.07, 6.45) is 21.6. The molecule has 0 saturated heterocycles. The van der Waals surface area contributed by atoms with Crippen molar-refractivity contribution in [2.45, 2.75) is 91.1 Å². The number of rotatable bonds is 17. The Morgan fingerprint density at radius 3 is 1.25 bits per heavy atom. The Bertz CT molecular complexity index is 603. The van der Waals surface area contributed by atoms with E-state index in [4.69, 9.17) is 0 Å². The summed E-state index contributed by atoms with van der Waals surface area (Å²) in [5.41, 5.74) is 2.48. The van der Waals surface area contributed by atoms with Gasteiger partial charge in [-0.2, -0.15) is 0 Å². The highest BCUT2D eigenvalue weighted by atomic mass is 35.5. The van der Waals surface area contributed by atoms with Gasteiger partial charge in [0, 0.05) is 61.6 Å². The van der Waals surface area contributed by atoms with Crippen LogP contribution in [0.2, 0.25) is 0 Å². The van der Waals surface area contributed by atoms with Gasteiger partial charge in [0.1, 0.15) is 13.1 Å². The number of halogens is 2. The van der Waals surface area contributed by atoms with Gasteiger partial charge in [-0.25, -0.2) is 9.13 Å². The van der Waals surface area contributed by atoms with Crippen LogP contribution >= 0.6 is 0 Å². The van der Waals surface area contributed by atoms with Gasteiger partial charge in [0.2, 0.25) is 0 Å². The first-order valence-electron chi connectivity index (χ1n) is 12.3. The molecule has 0 aliphatic rings. The van der Waals surface area contributed by atoms with Crippen LogP contribution in [0, 0.1) is 0 Å². The summed E-state index contributed by atoms with van der Waals surface area (Å²) in [7, 11) is 0. The third-order valence-electron chi connectivity index (χ3n) is 5.58. The molecule has 0 fully saturated rings.